The average Bonchev–Trinajstić information content (AvgIpc) is 2.72. The summed E-state index contributed by atoms with van der Waals surface area (Å²) in [6.07, 6.45) is 2.30. The van der Waals surface area contributed by atoms with Crippen molar-refractivity contribution in [3.63, 3.8) is 0 Å². The minimum Gasteiger partial charge on any atom is -0.326 e. The zero-order chi connectivity index (χ0) is 21.7. The van der Waals surface area contributed by atoms with E-state index in [1.54, 1.807) is 18.2 Å². The zero-order valence-electron chi connectivity index (χ0n) is 17.4. The van der Waals surface area contributed by atoms with Crippen LogP contribution in [0.2, 0.25) is 0 Å². The van der Waals surface area contributed by atoms with Crippen molar-refractivity contribution >= 4 is 34.1 Å². The van der Waals surface area contributed by atoms with E-state index in [0.29, 0.717) is 35.2 Å². The molecular formula is C23H26N4O3. The van der Waals surface area contributed by atoms with Crippen molar-refractivity contribution in [3.8, 4) is 0 Å². The summed E-state index contributed by atoms with van der Waals surface area (Å²) in [5.41, 5.74) is 2.76. The predicted octanol–water partition coefficient (Wildman–Crippen LogP) is 3.72. The molecule has 7 nitrogen and oxygen atoms in total. The molecule has 0 bridgehead atoms. The quantitative estimate of drug-likeness (QED) is 0.625. The monoisotopic (exact) mass is 406 g/mol. The molecule has 0 aliphatic carbocycles. The van der Waals surface area contributed by atoms with Crippen molar-refractivity contribution < 1.29 is 9.59 Å². The number of para-hydroxylation sites is 1. The highest BCUT2D eigenvalue weighted by Crippen LogP contribution is 2.21. The van der Waals surface area contributed by atoms with Crippen LogP contribution in [0.1, 0.15) is 32.3 Å². The van der Waals surface area contributed by atoms with Crippen molar-refractivity contribution in [2.75, 3.05) is 10.6 Å². The summed E-state index contributed by atoms with van der Waals surface area (Å²) in [4.78, 5) is 41.1. The third-order valence-corrected chi connectivity index (χ3v) is 4.84. The number of aromatic nitrogens is 2. The van der Waals surface area contributed by atoms with Crippen LogP contribution >= 0.6 is 0 Å². The Balaban J connectivity index is 1.59. The maximum Gasteiger partial charge on any atom is 0.261 e. The number of hydrogen-bond acceptors (Lipinski definition) is 4. The second-order valence-corrected chi connectivity index (χ2v) is 7.59. The number of anilines is 2. The first-order valence-corrected chi connectivity index (χ1v) is 10.0. The lowest BCUT2D eigenvalue weighted by atomic mass is 10.1. The highest BCUT2D eigenvalue weighted by Gasteiger charge is 2.10. The Kier molecular flexibility index (Phi) is 6.61. The smallest absolute Gasteiger partial charge is 0.261 e. The predicted molar refractivity (Wildman–Crippen MR) is 119 cm³/mol. The molecule has 0 saturated heterocycles. The number of carbonyl (C=O) groups is 2. The van der Waals surface area contributed by atoms with Crippen LogP contribution in [-0.4, -0.2) is 21.4 Å². The fourth-order valence-corrected chi connectivity index (χ4v) is 3.01. The average molecular weight is 406 g/mol. The number of benzene rings is 2. The van der Waals surface area contributed by atoms with Crippen LogP contribution in [0.25, 0.3) is 10.9 Å². The first kappa shape index (κ1) is 21.2. The molecule has 1 heterocycles. The first-order valence-electron chi connectivity index (χ1n) is 10.0. The Bertz CT molecular complexity index is 1130. The Morgan fingerprint density at radius 2 is 1.87 bits per heavy atom. The number of fused-ring (bicyclic) bond motifs is 1. The Morgan fingerprint density at radius 1 is 1.10 bits per heavy atom. The summed E-state index contributed by atoms with van der Waals surface area (Å²) >= 11 is 0. The molecule has 0 atom stereocenters. The second kappa shape index (κ2) is 9.35. The number of nitrogens with one attached hydrogen (secondary N) is 2. The molecule has 0 fully saturated rings. The van der Waals surface area contributed by atoms with E-state index in [-0.39, 0.29) is 29.7 Å². The maximum absolute atomic E-state index is 12.5. The van der Waals surface area contributed by atoms with Gasteiger partial charge < -0.3 is 10.6 Å². The van der Waals surface area contributed by atoms with Crippen LogP contribution in [0, 0.1) is 12.8 Å². The summed E-state index contributed by atoms with van der Waals surface area (Å²) in [6, 6.07) is 12.6. The molecule has 7 heteroatoms. The van der Waals surface area contributed by atoms with Crippen molar-refractivity contribution in [1.82, 2.24) is 9.55 Å². The van der Waals surface area contributed by atoms with Gasteiger partial charge in [-0.1, -0.05) is 32.0 Å². The van der Waals surface area contributed by atoms with Crippen LogP contribution in [-0.2, 0) is 16.1 Å². The van der Waals surface area contributed by atoms with E-state index in [9.17, 15) is 14.4 Å². The lowest BCUT2D eigenvalue weighted by Crippen LogP contribution is -2.22. The van der Waals surface area contributed by atoms with Gasteiger partial charge in [0, 0.05) is 30.3 Å². The third kappa shape index (κ3) is 5.11. The summed E-state index contributed by atoms with van der Waals surface area (Å²) < 4.78 is 1.53. The van der Waals surface area contributed by atoms with Crippen LogP contribution in [0.3, 0.4) is 0 Å². The minimum atomic E-state index is -0.146. The number of aryl methyl sites for hydroxylation is 2. The van der Waals surface area contributed by atoms with Crippen LogP contribution in [0.15, 0.2) is 53.6 Å². The molecule has 3 rings (SSSR count). The van der Waals surface area contributed by atoms with E-state index in [4.69, 9.17) is 0 Å². The summed E-state index contributed by atoms with van der Waals surface area (Å²) in [5, 5.41) is 6.29. The molecule has 2 N–H and O–H groups in total. The SMILES string of the molecule is Cc1ccc(NC(=O)C(C)C)cc1NC(=O)CCCn1cnc2ccccc2c1=O. The highest BCUT2D eigenvalue weighted by molar-refractivity contribution is 5.95. The molecule has 0 spiro atoms. The van der Waals surface area contributed by atoms with Crippen LogP contribution in [0.5, 0.6) is 0 Å². The van der Waals surface area contributed by atoms with Gasteiger partial charge in [0.15, 0.2) is 0 Å². The van der Waals surface area contributed by atoms with E-state index >= 15 is 0 Å². The molecule has 0 saturated carbocycles. The van der Waals surface area contributed by atoms with Gasteiger partial charge in [-0.3, -0.25) is 19.0 Å². The van der Waals surface area contributed by atoms with E-state index in [1.807, 2.05) is 45.0 Å². The van der Waals surface area contributed by atoms with Crippen LogP contribution in [0.4, 0.5) is 11.4 Å². The molecule has 0 aliphatic heterocycles. The lowest BCUT2D eigenvalue weighted by molar-refractivity contribution is -0.119. The zero-order valence-corrected chi connectivity index (χ0v) is 17.4. The molecule has 30 heavy (non-hydrogen) atoms. The molecule has 0 unspecified atom stereocenters. The topological polar surface area (TPSA) is 93.1 Å². The molecule has 0 radical (unpaired) electrons. The molecule has 0 aliphatic rings. The molecule has 156 valence electrons. The van der Waals surface area contributed by atoms with Gasteiger partial charge in [0.2, 0.25) is 11.8 Å². The van der Waals surface area contributed by atoms with Gasteiger partial charge in [-0.05, 0) is 43.2 Å². The Morgan fingerprint density at radius 3 is 2.63 bits per heavy atom. The van der Waals surface area contributed by atoms with Crippen molar-refractivity contribution in [3.05, 3.63) is 64.7 Å². The van der Waals surface area contributed by atoms with E-state index in [2.05, 4.69) is 15.6 Å². The molecular weight excluding hydrogens is 380 g/mol. The van der Waals surface area contributed by atoms with Gasteiger partial charge in [0.05, 0.1) is 17.2 Å². The summed E-state index contributed by atoms with van der Waals surface area (Å²) in [5.74, 6) is -0.352. The molecule has 2 aromatic carbocycles. The second-order valence-electron chi connectivity index (χ2n) is 7.59. The number of rotatable bonds is 7. The highest BCUT2D eigenvalue weighted by atomic mass is 16.2. The van der Waals surface area contributed by atoms with Crippen molar-refractivity contribution in [2.45, 2.75) is 40.2 Å². The van der Waals surface area contributed by atoms with Crippen molar-refractivity contribution in [1.29, 1.82) is 0 Å². The standard InChI is InChI=1S/C23H26N4O3/c1-15(2)22(29)25-17-11-10-16(3)20(13-17)26-21(28)9-6-12-27-14-24-19-8-5-4-7-18(19)23(27)30/h4-5,7-8,10-11,13-15H,6,9,12H2,1-3H3,(H,25,29)(H,26,28). The maximum atomic E-state index is 12.5. The van der Waals surface area contributed by atoms with Crippen molar-refractivity contribution in [2.24, 2.45) is 5.92 Å². The number of hydrogen-bond donors (Lipinski definition) is 2. The minimum absolute atomic E-state index is 0.0782. The fourth-order valence-electron chi connectivity index (χ4n) is 3.01. The summed E-state index contributed by atoms with van der Waals surface area (Å²) in [6.45, 7) is 5.95. The van der Waals surface area contributed by atoms with Gasteiger partial charge in [0.1, 0.15) is 0 Å². The molecule has 3 aromatic rings. The van der Waals surface area contributed by atoms with Gasteiger partial charge in [-0.2, -0.15) is 0 Å². The van der Waals surface area contributed by atoms with E-state index < -0.39 is 0 Å². The third-order valence-electron chi connectivity index (χ3n) is 4.84. The first-order chi connectivity index (χ1) is 14.3. The fraction of sp³-hybridized carbons (Fsp3) is 0.304. The van der Waals surface area contributed by atoms with Gasteiger partial charge in [-0.15, -0.1) is 0 Å². The normalized spacial score (nSPS) is 10.9. The lowest BCUT2D eigenvalue weighted by Gasteiger charge is -2.13. The molecule has 1 aromatic heterocycles. The number of amides is 2. The van der Waals surface area contributed by atoms with E-state index in [0.717, 1.165) is 5.56 Å². The number of carbonyl (C=O) groups excluding carboxylic acids is 2. The van der Waals surface area contributed by atoms with Gasteiger partial charge >= 0.3 is 0 Å². The van der Waals surface area contributed by atoms with Gasteiger partial charge in [0.25, 0.3) is 5.56 Å². The van der Waals surface area contributed by atoms with Crippen LogP contribution < -0.4 is 16.2 Å². The Hall–Kier alpha value is -3.48. The largest absolute Gasteiger partial charge is 0.326 e. The van der Waals surface area contributed by atoms with E-state index in [1.165, 1.54) is 10.9 Å². The summed E-state index contributed by atoms with van der Waals surface area (Å²) in [7, 11) is 0. The molecule has 2 amide bonds. The van der Waals surface area contributed by atoms with Gasteiger partial charge in [-0.25, -0.2) is 4.98 Å². The number of nitrogens with zero attached hydrogens (tertiary/aromatic N) is 2. The Labute approximate surface area is 175 Å².